The number of hydrogen-bond donors (Lipinski definition) is 0. The summed E-state index contributed by atoms with van der Waals surface area (Å²) in [6.45, 7) is 0.0261. The Balaban J connectivity index is 1.94. The van der Waals surface area contributed by atoms with E-state index in [0.29, 0.717) is 30.5 Å². The van der Waals surface area contributed by atoms with Gasteiger partial charge in [0.15, 0.2) is 0 Å². The van der Waals surface area contributed by atoms with E-state index in [2.05, 4.69) is 9.97 Å². The van der Waals surface area contributed by atoms with Gasteiger partial charge < -0.3 is 4.74 Å². The van der Waals surface area contributed by atoms with Crippen LogP contribution in [0, 0.1) is 0 Å². The van der Waals surface area contributed by atoms with Gasteiger partial charge in [-0.15, -0.1) is 0 Å². The molecule has 0 aliphatic heterocycles. The number of aromatic nitrogens is 3. The fraction of sp³-hybridized carbons (Fsp3) is 0.583. The highest BCUT2D eigenvalue weighted by molar-refractivity contribution is 5.80. The van der Waals surface area contributed by atoms with Gasteiger partial charge in [-0.25, -0.2) is 9.97 Å². The molecule has 45 heavy (non-hydrogen) atoms. The summed E-state index contributed by atoms with van der Waals surface area (Å²) in [6.07, 6.45) is -7.51. The summed E-state index contributed by atoms with van der Waals surface area (Å²) < 4.78 is 236. The Morgan fingerprint density at radius 2 is 1.20 bits per heavy atom. The third kappa shape index (κ3) is 5.36. The molecular formula is C24H18F17N3O. The number of para-hydroxylation sites is 2. The molecular weight excluding hydrogens is 669 g/mol. The second-order valence-electron chi connectivity index (χ2n) is 9.66. The highest BCUT2D eigenvalue weighted by Crippen LogP contribution is 2.64. The van der Waals surface area contributed by atoms with Gasteiger partial charge in [0, 0.05) is 11.9 Å². The summed E-state index contributed by atoms with van der Waals surface area (Å²) in [5, 5.41) is 0. The Morgan fingerprint density at radius 3 is 1.73 bits per heavy atom. The summed E-state index contributed by atoms with van der Waals surface area (Å²) in [6, 6.07) is 5.93. The predicted molar refractivity (Wildman–Crippen MR) is 120 cm³/mol. The van der Waals surface area contributed by atoms with Gasteiger partial charge in [0.2, 0.25) is 5.65 Å². The first-order valence-electron chi connectivity index (χ1n) is 12.3. The molecule has 0 bridgehead atoms. The van der Waals surface area contributed by atoms with Gasteiger partial charge in [0.05, 0.1) is 24.1 Å². The molecule has 3 rings (SSSR count). The number of benzene rings is 1. The molecule has 0 fully saturated rings. The minimum Gasteiger partial charge on any atom is -0.475 e. The van der Waals surface area contributed by atoms with Crippen molar-refractivity contribution in [2.24, 2.45) is 0 Å². The number of imidazole rings is 1. The van der Waals surface area contributed by atoms with E-state index >= 15 is 0 Å². The van der Waals surface area contributed by atoms with E-state index in [-0.39, 0.29) is 11.2 Å². The Hall–Kier alpha value is -3.29. The molecule has 254 valence electrons. The minimum absolute atomic E-state index is 0.0952. The normalized spacial score (nSPS) is 14.9. The Labute approximate surface area is 240 Å². The first kappa shape index (κ1) is 36.2. The van der Waals surface area contributed by atoms with Crippen LogP contribution in [0.4, 0.5) is 74.6 Å². The van der Waals surface area contributed by atoms with E-state index in [1.807, 2.05) is 6.92 Å². The second-order valence-corrected chi connectivity index (χ2v) is 9.66. The van der Waals surface area contributed by atoms with Crippen molar-refractivity contribution in [1.29, 1.82) is 0 Å². The maximum absolute atomic E-state index is 14.3. The number of alkyl halides is 17. The number of halogens is 17. The molecule has 2 aromatic heterocycles. The quantitative estimate of drug-likeness (QED) is 0.169. The van der Waals surface area contributed by atoms with Crippen molar-refractivity contribution >= 4 is 16.7 Å². The minimum atomic E-state index is -8.67. The lowest BCUT2D eigenvalue weighted by Gasteiger charge is -2.42. The summed E-state index contributed by atoms with van der Waals surface area (Å²) in [4.78, 5) is 7.89. The average molecular weight is 687 g/mol. The van der Waals surface area contributed by atoms with E-state index in [0.717, 1.165) is 0 Å². The number of nitrogens with zero attached hydrogens (tertiary/aromatic N) is 3. The van der Waals surface area contributed by atoms with Gasteiger partial charge in [0.25, 0.3) is 5.88 Å². The monoisotopic (exact) mass is 687 g/mol. The number of aryl methyl sites for hydroxylation is 1. The van der Waals surface area contributed by atoms with Crippen LogP contribution >= 0.6 is 0 Å². The summed E-state index contributed by atoms with van der Waals surface area (Å²) in [5.74, 6) is -57.4. The largest absolute Gasteiger partial charge is 0.475 e. The molecule has 0 spiro atoms. The highest BCUT2D eigenvalue weighted by atomic mass is 19.4. The van der Waals surface area contributed by atoms with Crippen LogP contribution in [0.1, 0.15) is 31.9 Å². The SMILES string of the molecule is CCCCc1cnc2c(OCCC(F)(F)C(F)(F)C(F)(F)C(F)(F)C(F)(F)C(F)(F)C(F)(F)C(F)(F)F)nc3ccccc3n12. The molecule has 21 heteroatoms. The van der Waals surface area contributed by atoms with Gasteiger partial charge in [-0.1, -0.05) is 25.5 Å². The van der Waals surface area contributed by atoms with Crippen LogP contribution in [0.3, 0.4) is 0 Å². The van der Waals surface area contributed by atoms with Crippen molar-refractivity contribution in [2.75, 3.05) is 6.61 Å². The van der Waals surface area contributed by atoms with Gasteiger partial charge in [-0.2, -0.15) is 74.6 Å². The maximum Gasteiger partial charge on any atom is 0.460 e. The van der Waals surface area contributed by atoms with Crippen molar-refractivity contribution in [2.45, 2.75) is 80.2 Å². The molecule has 0 aliphatic carbocycles. The van der Waals surface area contributed by atoms with Gasteiger partial charge >= 0.3 is 47.6 Å². The first-order valence-corrected chi connectivity index (χ1v) is 12.3. The molecule has 0 aliphatic rings. The molecule has 0 saturated carbocycles. The second kappa shape index (κ2) is 11.2. The van der Waals surface area contributed by atoms with E-state index < -0.39 is 66.5 Å². The lowest BCUT2D eigenvalue weighted by molar-refractivity contribution is -0.461. The first-order chi connectivity index (χ1) is 20.2. The number of hydrogen-bond acceptors (Lipinski definition) is 3. The van der Waals surface area contributed by atoms with E-state index in [9.17, 15) is 74.6 Å². The number of ether oxygens (including phenoxy) is 1. The fourth-order valence-electron chi connectivity index (χ4n) is 3.97. The van der Waals surface area contributed by atoms with Crippen LogP contribution in [0.15, 0.2) is 30.5 Å². The van der Waals surface area contributed by atoms with Crippen LogP contribution in [-0.4, -0.2) is 68.6 Å². The highest BCUT2D eigenvalue weighted by Gasteiger charge is 2.95. The van der Waals surface area contributed by atoms with Crippen molar-refractivity contribution in [3.8, 4) is 5.88 Å². The number of fused-ring (bicyclic) bond motifs is 3. The smallest absolute Gasteiger partial charge is 0.460 e. The third-order valence-corrected chi connectivity index (χ3v) is 6.60. The molecule has 0 radical (unpaired) electrons. The molecule has 0 saturated heterocycles. The molecule has 3 aromatic rings. The van der Waals surface area contributed by atoms with E-state index in [4.69, 9.17) is 4.74 Å². The molecule has 0 atom stereocenters. The van der Waals surface area contributed by atoms with E-state index in [1.54, 1.807) is 6.07 Å². The lowest BCUT2D eigenvalue weighted by atomic mass is 9.88. The molecule has 1 aromatic carbocycles. The van der Waals surface area contributed by atoms with Crippen LogP contribution in [-0.2, 0) is 6.42 Å². The van der Waals surface area contributed by atoms with Crippen LogP contribution in [0.2, 0.25) is 0 Å². The van der Waals surface area contributed by atoms with Crippen molar-refractivity contribution in [3.63, 3.8) is 0 Å². The Bertz CT molecular complexity index is 1510. The van der Waals surface area contributed by atoms with Gasteiger partial charge in [-0.3, -0.25) is 4.40 Å². The van der Waals surface area contributed by atoms with Crippen molar-refractivity contribution in [1.82, 2.24) is 14.4 Å². The third-order valence-electron chi connectivity index (χ3n) is 6.60. The van der Waals surface area contributed by atoms with Crippen LogP contribution in [0.25, 0.3) is 16.7 Å². The maximum atomic E-state index is 14.3. The zero-order valence-corrected chi connectivity index (χ0v) is 22.1. The van der Waals surface area contributed by atoms with Gasteiger partial charge in [0.1, 0.15) is 0 Å². The van der Waals surface area contributed by atoms with Crippen molar-refractivity contribution in [3.05, 3.63) is 36.2 Å². The van der Waals surface area contributed by atoms with Crippen molar-refractivity contribution < 1.29 is 79.4 Å². The van der Waals surface area contributed by atoms with Crippen LogP contribution in [0.5, 0.6) is 5.88 Å². The summed E-state index contributed by atoms with van der Waals surface area (Å²) in [7, 11) is 0. The number of rotatable bonds is 13. The lowest BCUT2D eigenvalue weighted by Crippen LogP contribution is -2.74. The fourth-order valence-corrected chi connectivity index (χ4v) is 3.97. The van der Waals surface area contributed by atoms with Crippen LogP contribution < -0.4 is 4.74 Å². The standard InChI is InChI=1S/C24H18F17N3O/c1-2-3-6-12-11-42-15-16(43-13-7-4-5-8-14(13)44(12)15)45-10-9-17(25,26)18(27,28)19(29,30)20(31,32)21(33,34)22(35,36)23(37,38)24(39,40)41/h4-5,7-8,11H,2-3,6,9-10H2,1H3. The molecule has 0 unspecified atom stereocenters. The number of unbranched alkanes of at least 4 members (excludes halogenated alkanes) is 1. The Morgan fingerprint density at radius 1 is 0.689 bits per heavy atom. The average Bonchev–Trinajstić information content (AvgIpc) is 3.35. The molecule has 2 heterocycles. The molecule has 0 amide bonds. The predicted octanol–water partition coefficient (Wildman–Crippen LogP) is 9.00. The Kier molecular flexibility index (Phi) is 9.00. The molecule has 0 N–H and O–H groups in total. The van der Waals surface area contributed by atoms with E-state index in [1.165, 1.54) is 28.8 Å². The summed E-state index contributed by atoms with van der Waals surface area (Å²) >= 11 is 0. The zero-order valence-electron chi connectivity index (χ0n) is 22.1. The topological polar surface area (TPSA) is 39.4 Å². The molecule has 4 nitrogen and oxygen atoms in total. The van der Waals surface area contributed by atoms with Gasteiger partial charge in [-0.05, 0) is 25.0 Å². The zero-order chi connectivity index (χ0) is 34.7. The summed E-state index contributed by atoms with van der Waals surface area (Å²) in [5.41, 5.74) is 0.774.